The van der Waals surface area contributed by atoms with E-state index in [9.17, 15) is 8.42 Å². The summed E-state index contributed by atoms with van der Waals surface area (Å²) in [6.07, 6.45) is 0. The minimum Gasteiger partial charge on any atom is -0.344 e. The Balaban J connectivity index is 2.59. The molecule has 104 valence electrons. The van der Waals surface area contributed by atoms with Crippen molar-refractivity contribution < 1.29 is 8.42 Å². The molecule has 0 radical (unpaired) electrons. The fourth-order valence-corrected chi connectivity index (χ4v) is 3.41. The van der Waals surface area contributed by atoms with Crippen molar-refractivity contribution in [2.75, 3.05) is 0 Å². The van der Waals surface area contributed by atoms with Crippen molar-refractivity contribution in [3.8, 4) is 0 Å². The Morgan fingerprint density at radius 1 is 1.26 bits per heavy atom. The second kappa shape index (κ2) is 5.00. The lowest BCUT2D eigenvalue weighted by Crippen LogP contribution is -2.18. The zero-order chi connectivity index (χ0) is 14.2. The predicted octanol–water partition coefficient (Wildman–Crippen LogP) is 3.29. The maximum Gasteiger partial charge on any atom is 0.158 e. The van der Waals surface area contributed by atoms with Crippen molar-refractivity contribution in [3.63, 3.8) is 0 Å². The van der Waals surface area contributed by atoms with E-state index in [0.29, 0.717) is 0 Å². The minimum atomic E-state index is -3.07. The van der Waals surface area contributed by atoms with E-state index in [1.54, 1.807) is 13.8 Å². The van der Waals surface area contributed by atoms with Crippen LogP contribution in [0, 0.1) is 6.92 Å². The molecule has 2 rings (SSSR count). The Morgan fingerprint density at radius 2 is 1.95 bits per heavy atom. The number of hydrogen-bond acceptors (Lipinski definition) is 2. The van der Waals surface area contributed by atoms with Crippen molar-refractivity contribution in [2.45, 2.75) is 45.2 Å². The Labute approximate surface area is 115 Å². The molecule has 0 saturated heterocycles. The van der Waals surface area contributed by atoms with Gasteiger partial charge in [-0.25, -0.2) is 8.42 Å². The molecule has 4 heteroatoms. The smallest absolute Gasteiger partial charge is 0.158 e. The summed E-state index contributed by atoms with van der Waals surface area (Å²) in [5.74, 6) is 0.118. The average Bonchev–Trinajstić information content (AvgIpc) is 2.66. The molecule has 0 fully saturated rings. The van der Waals surface area contributed by atoms with Crippen LogP contribution in [0.2, 0.25) is 0 Å². The van der Waals surface area contributed by atoms with Crippen molar-refractivity contribution >= 4 is 20.7 Å². The number of nitrogens with zero attached hydrogens (tertiary/aromatic N) is 1. The van der Waals surface area contributed by atoms with Gasteiger partial charge in [-0.15, -0.1) is 0 Å². The van der Waals surface area contributed by atoms with Crippen LogP contribution in [-0.2, 0) is 22.1 Å². The third-order valence-corrected chi connectivity index (χ3v) is 5.73. The minimum absolute atomic E-state index is 0.118. The van der Waals surface area contributed by atoms with Crippen molar-refractivity contribution in [1.29, 1.82) is 0 Å². The number of benzene rings is 1. The molecule has 0 unspecified atom stereocenters. The van der Waals surface area contributed by atoms with E-state index in [-0.39, 0.29) is 11.0 Å². The highest BCUT2D eigenvalue weighted by molar-refractivity contribution is 7.91. The summed E-state index contributed by atoms with van der Waals surface area (Å²) in [6, 6.07) is 8.12. The van der Waals surface area contributed by atoms with Crippen LogP contribution in [0.1, 0.15) is 32.0 Å². The van der Waals surface area contributed by atoms with Crippen LogP contribution in [0.15, 0.2) is 24.3 Å². The summed E-state index contributed by atoms with van der Waals surface area (Å²) < 4.78 is 26.3. The topological polar surface area (TPSA) is 39.1 Å². The molecule has 0 atom stereocenters. The highest BCUT2D eigenvalue weighted by Crippen LogP contribution is 2.25. The Morgan fingerprint density at radius 3 is 2.53 bits per heavy atom. The number of aromatic nitrogens is 1. The number of sulfone groups is 1. The van der Waals surface area contributed by atoms with Gasteiger partial charge < -0.3 is 4.57 Å². The Bertz CT molecular complexity index is 696. The standard InChI is InChI=1S/C15H21NO2S/c1-5-16-14(10-19(17,18)11(2)3)9-13-8-6-7-12(4)15(13)16/h6-9,11H,5,10H2,1-4H3. The van der Waals surface area contributed by atoms with E-state index >= 15 is 0 Å². The normalized spacial score (nSPS) is 12.5. The van der Waals surface area contributed by atoms with Crippen LogP contribution in [0.5, 0.6) is 0 Å². The van der Waals surface area contributed by atoms with E-state index in [2.05, 4.69) is 24.5 Å². The van der Waals surface area contributed by atoms with Gasteiger partial charge in [0.1, 0.15) is 0 Å². The molecule has 0 amide bonds. The van der Waals surface area contributed by atoms with Gasteiger partial charge in [-0.1, -0.05) is 18.2 Å². The molecular weight excluding hydrogens is 258 g/mol. The lowest BCUT2D eigenvalue weighted by Gasteiger charge is -2.11. The van der Waals surface area contributed by atoms with Crippen molar-refractivity contribution in [2.24, 2.45) is 0 Å². The van der Waals surface area contributed by atoms with Gasteiger partial charge in [0.05, 0.1) is 16.5 Å². The van der Waals surface area contributed by atoms with Crippen LogP contribution in [0.25, 0.3) is 10.9 Å². The Kier molecular flexibility index (Phi) is 3.72. The zero-order valence-electron chi connectivity index (χ0n) is 12.0. The number of aryl methyl sites for hydroxylation is 2. The van der Waals surface area contributed by atoms with Crippen LogP contribution in [0.3, 0.4) is 0 Å². The van der Waals surface area contributed by atoms with Gasteiger partial charge in [-0.2, -0.15) is 0 Å². The lowest BCUT2D eigenvalue weighted by molar-refractivity contribution is 0.584. The zero-order valence-corrected chi connectivity index (χ0v) is 12.8. The summed E-state index contributed by atoms with van der Waals surface area (Å²) in [6.45, 7) is 8.38. The first kappa shape index (κ1) is 14.1. The first-order valence-corrected chi connectivity index (χ1v) is 8.37. The highest BCUT2D eigenvalue weighted by Gasteiger charge is 2.20. The van der Waals surface area contributed by atoms with E-state index in [1.165, 1.54) is 5.56 Å². The number of fused-ring (bicyclic) bond motifs is 1. The van der Waals surface area contributed by atoms with Gasteiger partial charge in [0.15, 0.2) is 9.84 Å². The van der Waals surface area contributed by atoms with Gasteiger partial charge in [0.25, 0.3) is 0 Å². The van der Waals surface area contributed by atoms with Crippen LogP contribution in [-0.4, -0.2) is 18.2 Å². The first-order valence-electron chi connectivity index (χ1n) is 6.66. The molecule has 0 N–H and O–H groups in total. The molecule has 0 bridgehead atoms. The number of hydrogen-bond donors (Lipinski definition) is 0. The molecule has 0 saturated carbocycles. The number of rotatable bonds is 4. The van der Waals surface area contributed by atoms with Crippen LogP contribution < -0.4 is 0 Å². The molecule has 0 aliphatic carbocycles. The van der Waals surface area contributed by atoms with E-state index < -0.39 is 9.84 Å². The molecule has 1 heterocycles. The molecule has 3 nitrogen and oxygen atoms in total. The molecule has 0 spiro atoms. The number of para-hydroxylation sites is 1. The SMILES string of the molecule is CCn1c(CS(=O)(=O)C(C)C)cc2cccc(C)c21. The molecule has 1 aromatic heterocycles. The van der Waals surface area contributed by atoms with Crippen molar-refractivity contribution in [1.82, 2.24) is 4.57 Å². The monoisotopic (exact) mass is 279 g/mol. The molecular formula is C15H21NO2S. The summed E-state index contributed by atoms with van der Waals surface area (Å²) in [7, 11) is -3.07. The fraction of sp³-hybridized carbons (Fsp3) is 0.467. The summed E-state index contributed by atoms with van der Waals surface area (Å²) in [4.78, 5) is 0. The molecule has 1 aromatic carbocycles. The molecule has 0 aliphatic rings. The molecule has 19 heavy (non-hydrogen) atoms. The van der Waals surface area contributed by atoms with Gasteiger partial charge in [-0.3, -0.25) is 0 Å². The second-order valence-electron chi connectivity index (χ2n) is 5.25. The van der Waals surface area contributed by atoms with Crippen LogP contribution >= 0.6 is 0 Å². The maximum absolute atomic E-state index is 12.1. The molecule has 2 aromatic rings. The van der Waals surface area contributed by atoms with E-state index in [0.717, 1.165) is 23.1 Å². The summed E-state index contributed by atoms with van der Waals surface area (Å²) in [5, 5.41) is 0.785. The molecule has 0 aliphatic heterocycles. The fourth-order valence-electron chi connectivity index (χ4n) is 2.42. The highest BCUT2D eigenvalue weighted by atomic mass is 32.2. The van der Waals surface area contributed by atoms with E-state index in [4.69, 9.17) is 0 Å². The van der Waals surface area contributed by atoms with Gasteiger partial charge in [0, 0.05) is 17.6 Å². The van der Waals surface area contributed by atoms with Gasteiger partial charge in [-0.05, 0) is 39.3 Å². The quantitative estimate of drug-likeness (QED) is 0.861. The van der Waals surface area contributed by atoms with Crippen LogP contribution in [0.4, 0.5) is 0 Å². The Hall–Kier alpha value is -1.29. The van der Waals surface area contributed by atoms with Gasteiger partial charge >= 0.3 is 0 Å². The van der Waals surface area contributed by atoms with Gasteiger partial charge in [0.2, 0.25) is 0 Å². The third kappa shape index (κ3) is 2.54. The summed E-state index contributed by atoms with van der Waals surface area (Å²) >= 11 is 0. The van der Waals surface area contributed by atoms with Crippen molar-refractivity contribution in [3.05, 3.63) is 35.5 Å². The first-order chi connectivity index (χ1) is 8.86. The average molecular weight is 279 g/mol. The predicted molar refractivity (Wildman–Crippen MR) is 80.1 cm³/mol. The van der Waals surface area contributed by atoms with E-state index in [1.807, 2.05) is 18.2 Å². The third-order valence-electron chi connectivity index (χ3n) is 3.59. The second-order valence-corrected chi connectivity index (χ2v) is 7.81. The largest absolute Gasteiger partial charge is 0.344 e. The maximum atomic E-state index is 12.1. The summed E-state index contributed by atoms with van der Waals surface area (Å²) in [5.41, 5.74) is 3.23. The lowest BCUT2D eigenvalue weighted by atomic mass is 10.2.